The van der Waals surface area contributed by atoms with Gasteiger partial charge in [0.25, 0.3) is 0 Å². The molecule has 26 heavy (non-hydrogen) atoms. The van der Waals surface area contributed by atoms with Crippen molar-refractivity contribution in [2.24, 2.45) is 0 Å². The number of phenolic OH excluding ortho intramolecular Hbond substituents is 1. The second-order valence-electron chi connectivity index (χ2n) is 9.09. The van der Waals surface area contributed by atoms with Crippen molar-refractivity contribution in [1.29, 1.82) is 0 Å². The topological polar surface area (TPSA) is 57.5 Å². The molecule has 0 aromatic heterocycles. The van der Waals surface area contributed by atoms with Crippen LogP contribution in [-0.2, 0) is 15.6 Å². The van der Waals surface area contributed by atoms with E-state index in [1.165, 1.54) is 0 Å². The Hall–Kier alpha value is -2.29. The molecule has 0 aliphatic heterocycles. The van der Waals surface area contributed by atoms with Gasteiger partial charge in [0.2, 0.25) is 0 Å². The van der Waals surface area contributed by atoms with E-state index >= 15 is 0 Å². The zero-order valence-electron chi connectivity index (χ0n) is 16.8. The molecule has 3 heteroatoms. The number of rotatable bonds is 3. The third-order valence-electron chi connectivity index (χ3n) is 4.84. The molecule has 0 heterocycles. The Morgan fingerprint density at radius 2 is 1.46 bits per heavy atom. The number of carbonyl (C=O) groups is 1. The maximum Gasteiger partial charge on any atom is 0.310 e. The standard InChI is InChI=1S/C23H30O3/c1-14(21(25)26)18-12-16(22(2,3)4)13-19(23(5,6)7)20(18)15-8-10-17(24)11-9-15/h8-14,24H,1-7H3,(H,25,26). The van der Waals surface area contributed by atoms with Crippen LogP contribution in [0.1, 0.15) is 71.1 Å². The fraction of sp³-hybridized carbons (Fsp3) is 0.435. The molecule has 0 radical (unpaired) electrons. The maximum atomic E-state index is 11.8. The van der Waals surface area contributed by atoms with E-state index in [1.807, 2.05) is 18.2 Å². The van der Waals surface area contributed by atoms with Crippen LogP contribution in [0.2, 0.25) is 0 Å². The molecule has 1 atom stereocenters. The number of carboxylic acid groups (broad SMARTS) is 1. The van der Waals surface area contributed by atoms with Crippen LogP contribution >= 0.6 is 0 Å². The van der Waals surface area contributed by atoms with Crippen molar-refractivity contribution in [1.82, 2.24) is 0 Å². The van der Waals surface area contributed by atoms with Crippen LogP contribution in [0.15, 0.2) is 36.4 Å². The van der Waals surface area contributed by atoms with Crippen molar-refractivity contribution in [3.63, 3.8) is 0 Å². The summed E-state index contributed by atoms with van der Waals surface area (Å²) in [6, 6.07) is 11.3. The smallest absolute Gasteiger partial charge is 0.310 e. The van der Waals surface area contributed by atoms with E-state index in [4.69, 9.17) is 0 Å². The van der Waals surface area contributed by atoms with E-state index in [-0.39, 0.29) is 16.6 Å². The molecule has 0 aliphatic rings. The fourth-order valence-electron chi connectivity index (χ4n) is 3.11. The van der Waals surface area contributed by atoms with E-state index < -0.39 is 11.9 Å². The van der Waals surface area contributed by atoms with Gasteiger partial charge in [-0.15, -0.1) is 0 Å². The summed E-state index contributed by atoms with van der Waals surface area (Å²) in [4.78, 5) is 11.8. The molecule has 140 valence electrons. The first-order valence-electron chi connectivity index (χ1n) is 9.03. The first-order chi connectivity index (χ1) is 11.8. The number of benzene rings is 2. The number of aromatic hydroxyl groups is 1. The van der Waals surface area contributed by atoms with Crippen molar-refractivity contribution in [3.8, 4) is 16.9 Å². The van der Waals surface area contributed by atoms with E-state index in [1.54, 1.807) is 19.1 Å². The normalized spacial score (nSPS) is 13.5. The van der Waals surface area contributed by atoms with Crippen LogP contribution in [0.3, 0.4) is 0 Å². The average molecular weight is 354 g/mol. The zero-order chi connectivity index (χ0) is 19.9. The maximum absolute atomic E-state index is 11.8. The van der Waals surface area contributed by atoms with E-state index in [2.05, 4.69) is 47.6 Å². The highest BCUT2D eigenvalue weighted by Gasteiger charge is 2.29. The Kier molecular flexibility index (Phi) is 5.23. The average Bonchev–Trinajstić information content (AvgIpc) is 2.52. The molecule has 0 bridgehead atoms. The first kappa shape index (κ1) is 20.0. The van der Waals surface area contributed by atoms with Crippen LogP contribution in [0, 0.1) is 0 Å². The lowest BCUT2D eigenvalue weighted by molar-refractivity contribution is -0.138. The highest BCUT2D eigenvalue weighted by molar-refractivity contribution is 5.83. The molecule has 0 spiro atoms. The molecule has 0 aliphatic carbocycles. The molecule has 0 saturated carbocycles. The number of hydrogen-bond donors (Lipinski definition) is 2. The summed E-state index contributed by atoms with van der Waals surface area (Å²) in [5, 5.41) is 19.4. The van der Waals surface area contributed by atoms with E-state index in [9.17, 15) is 15.0 Å². The van der Waals surface area contributed by atoms with Gasteiger partial charge in [0, 0.05) is 0 Å². The van der Waals surface area contributed by atoms with Crippen molar-refractivity contribution in [3.05, 3.63) is 53.1 Å². The third-order valence-corrected chi connectivity index (χ3v) is 4.84. The number of aliphatic carboxylic acids is 1. The quantitative estimate of drug-likeness (QED) is 0.727. The lowest BCUT2D eigenvalue weighted by atomic mass is 9.73. The number of phenols is 1. The Morgan fingerprint density at radius 1 is 0.923 bits per heavy atom. The molecule has 3 nitrogen and oxygen atoms in total. The Bertz CT molecular complexity index is 803. The summed E-state index contributed by atoms with van der Waals surface area (Å²) >= 11 is 0. The van der Waals surface area contributed by atoms with Gasteiger partial charge in [-0.25, -0.2) is 0 Å². The summed E-state index contributed by atoms with van der Waals surface area (Å²) in [5.74, 6) is -1.26. The predicted molar refractivity (Wildman–Crippen MR) is 107 cm³/mol. The van der Waals surface area contributed by atoms with Crippen molar-refractivity contribution < 1.29 is 15.0 Å². The summed E-state index contributed by atoms with van der Waals surface area (Å²) in [6.45, 7) is 14.6. The van der Waals surface area contributed by atoms with Crippen LogP contribution in [0.25, 0.3) is 11.1 Å². The minimum Gasteiger partial charge on any atom is -0.508 e. The highest BCUT2D eigenvalue weighted by atomic mass is 16.4. The third kappa shape index (κ3) is 4.09. The van der Waals surface area contributed by atoms with Crippen LogP contribution in [0.4, 0.5) is 0 Å². The lowest BCUT2D eigenvalue weighted by Gasteiger charge is -2.31. The Balaban J connectivity index is 2.93. The van der Waals surface area contributed by atoms with Gasteiger partial charge >= 0.3 is 5.97 Å². The van der Waals surface area contributed by atoms with Gasteiger partial charge in [-0.05, 0) is 57.7 Å². The monoisotopic (exact) mass is 354 g/mol. The minimum absolute atomic E-state index is 0.0829. The van der Waals surface area contributed by atoms with Crippen LogP contribution < -0.4 is 0 Å². The summed E-state index contributed by atoms with van der Waals surface area (Å²) < 4.78 is 0. The highest BCUT2D eigenvalue weighted by Crippen LogP contribution is 2.42. The Labute approximate surface area is 156 Å². The largest absolute Gasteiger partial charge is 0.508 e. The summed E-state index contributed by atoms with van der Waals surface area (Å²) in [5.41, 5.74) is 4.73. The second-order valence-corrected chi connectivity index (χ2v) is 9.09. The van der Waals surface area contributed by atoms with Gasteiger partial charge in [-0.2, -0.15) is 0 Å². The van der Waals surface area contributed by atoms with E-state index in [0.29, 0.717) is 0 Å². The molecule has 2 aromatic rings. The lowest BCUT2D eigenvalue weighted by Crippen LogP contribution is -2.21. The van der Waals surface area contributed by atoms with Gasteiger partial charge in [-0.1, -0.05) is 65.8 Å². The number of carboxylic acids is 1. The molecule has 0 fully saturated rings. The van der Waals surface area contributed by atoms with Gasteiger partial charge in [0.05, 0.1) is 5.92 Å². The SMILES string of the molecule is CC(C(=O)O)c1cc(C(C)(C)C)cc(C(C)(C)C)c1-c1ccc(O)cc1. The van der Waals surface area contributed by atoms with Crippen molar-refractivity contribution >= 4 is 5.97 Å². The van der Waals surface area contributed by atoms with Gasteiger partial charge in [0.15, 0.2) is 0 Å². The van der Waals surface area contributed by atoms with Crippen LogP contribution in [-0.4, -0.2) is 16.2 Å². The molecule has 2 rings (SSSR count). The summed E-state index contributed by atoms with van der Waals surface area (Å²) in [7, 11) is 0. The van der Waals surface area contributed by atoms with Gasteiger partial charge in [0.1, 0.15) is 5.75 Å². The minimum atomic E-state index is -0.837. The van der Waals surface area contributed by atoms with Gasteiger partial charge < -0.3 is 10.2 Å². The van der Waals surface area contributed by atoms with Crippen LogP contribution in [0.5, 0.6) is 5.75 Å². The molecule has 0 amide bonds. The van der Waals surface area contributed by atoms with Crippen molar-refractivity contribution in [2.75, 3.05) is 0 Å². The first-order valence-corrected chi connectivity index (χ1v) is 9.03. The molecular formula is C23H30O3. The molecular weight excluding hydrogens is 324 g/mol. The fourth-order valence-corrected chi connectivity index (χ4v) is 3.11. The predicted octanol–water partition coefficient (Wildman–Crippen LogP) is 5.84. The molecule has 1 unspecified atom stereocenters. The Morgan fingerprint density at radius 3 is 1.88 bits per heavy atom. The van der Waals surface area contributed by atoms with E-state index in [0.717, 1.165) is 27.8 Å². The van der Waals surface area contributed by atoms with Gasteiger partial charge in [-0.3, -0.25) is 4.79 Å². The molecule has 2 N–H and O–H groups in total. The second kappa shape index (κ2) is 6.79. The van der Waals surface area contributed by atoms with Crippen molar-refractivity contribution in [2.45, 2.75) is 65.2 Å². The zero-order valence-corrected chi connectivity index (χ0v) is 16.8. The number of hydrogen-bond acceptors (Lipinski definition) is 2. The summed E-state index contributed by atoms with van der Waals surface area (Å²) in [6.07, 6.45) is 0. The molecule has 2 aromatic carbocycles. The molecule has 0 saturated heterocycles.